The highest BCUT2D eigenvalue weighted by Crippen LogP contribution is 2.36. The van der Waals surface area contributed by atoms with Crippen LogP contribution >= 0.6 is 0 Å². The van der Waals surface area contributed by atoms with Crippen molar-refractivity contribution in [2.75, 3.05) is 37.1 Å². The number of anilines is 2. The lowest BCUT2D eigenvalue weighted by Crippen LogP contribution is -2.40. The van der Waals surface area contributed by atoms with Crippen molar-refractivity contribution in [2.45, 2.75) is 31.3 Å². The number of aromatic nitrogens is 4. The predicted octanol–water partition coefficient (Wildman–Crippen LogP) is 1.53. The summed E-state index contributed by atoms with van der Waals surface area (Å²) in [4.78, 5) is 22.1. The third-order valence-corrected chi connectivity index (χ3v) is 4.73. The van der Waals surface area contributed by atoms with Crippen LogP contribution in [0.5, 0.6) is 11.6 Å². The second kappa shape index (κ2) is 6.70. The third kappa shape index (κ3) is 3.29. The van der Waals surface area contributed by atoms with Gasteiger partial charge in [0.1, 0.15) is 12.1 Å². The lowest BCUT2D eigenvalue weighted by Gasteiger charge is -2.30. The molecule has 1 saturated carbocycles. The van der Waals surface area contributed by atoms with Gasteiger partial charge < -0.3 is 19.3 Å². The Morgan fingerprint density at radius 1 is 1.00 bits per heavy atom. The molecule has 1 aliphatic carbocycles. The number of nitrogens with zero attached hydrogens (tertiary/aromatic N) is 6. The van der Waals surface area contributed by atoms with E-state index in [1.807, 2.05) is 6.07 Å². The predicted molar refractivity (Wildman–Crippen MR) is 93.3 cm³/mol. The third-order valence-electron chi connectivity index (χ3n) is 4.73. The molecule has 1 atom stereocenters. The zero-order chi connectivity index (χ0) is 17.2. The van der Waals surface area contributed by atoms with E-state index in [0.29, 0.717) is 23.7 Å². The SMILES string of the molecule is COc1cnc(N2CCC(N(c3cc(OC)ncn3)C3CC3)C2)nc1. The molecule has 132 valence electrons. The minimum atomic E-state index is 0.387. The van der Waals surface area contributed by atoms with Crippen LogP contribution < -0.4 is 19.3 Å². The van der Waals surface area contributed by atoms with Crippen LogP contribution in [0.1, 0.15) is 19.3 Å². The van der Waals surface area contributed by atoms with Crippen molar-refractivity contribution in [2.24, 2.45) is 0 Å². The number of hydrogen-bond acceptors (Lipinski definition) is 8. The second-order valence-corrected chi connectivity index (χ2v) is 6.37. The minimum Gasteiger partial charge on any atom is -0.494 e. The average Bonchev–Trinajstić information content (AvgIpc) is 3.38. The first-order valence-electron chi connectivity index (χ1n) is 8.54. The topological polar surface area (TPSA) is 76.5 Å². The van der Waals surface area contributed by atoms with Crippen molar-refractivity contribution in [3.05, 3.63) is 24.8 Å². The zero-order valence-electron chi connectivity index (χ0n) is 14.5. The number of hydrogen-bond donors (Lipinski definition) is 0. The summed E-state index contributed by atoms with van der Waals surface area (Å²) in [5.41, 5.74) is 0. The highest BCUT2D eigenvalue weighted by Gasteiger charge is 2.38. The Morgan fingerprint density at radius 3 is 2.48 bits per heavy atom. The Hall–Kier alpha value is -2.64. The lowest BCUT2D eigenvalue weighted by atomic mass is 10.2. The second-order valence-electron chi connectivity index (χ2n) is 6.37. The van der Waals surface area contributed by atoms with Gasteiger partial charge in [-0.2, -0.15) is 0 Å². The Balaban J connectivity index is 1.51. The highest BCUT2D eigenvalue weighted by molar-refractivity contribution is 5.47. The van der Waals surface area contributed by atoms with Gasteiger partial charge in [0, 0.05) is 31.2 Å². The van der Waals surface area contributed by atoms with Crippen molar-refractivity contribution >= 4 is 11.8 Å². The molecule has 0 spiro atoms. The summed E-state index contributed by atoms with van der Waals surface area (Å²) in [6, 6.07) is 2.87. The van der Waals surface area contributed by atoms with E-state index in [0.717, 1.165) is 31.3 Å². The van der Waals surface area contributed by atoms with Gasteiger partial charge >= 0.3 is 0 Å². The standard InChI is InChI=1S/C17H22N6O2/c1-24-14-8-18-17(19-9-14)22-6-5-13(10-22)23(12-3-4-12)15-7-16(25-2)21-11-20-15/h7-9,11-13H,3-6,10H2,1-2H3. The normalized spacial score (nSPS) is 19.8. The average molecular weight is 342 g/mol. The molecule has 8 heteroatoms. The van der Waals surface area contributed by atoms with Gasteiger partial charge in [-0.1, -0.05) is 0 Å². The van der Waals surface area contributed by atoms with Gasteiger partial charge in [-0.05, 0) is 19.3 Å². The van der Waals surface area contributed by atoms with Crippen LogP contribution in [-0.2, 0) is 0 Å². The van der Waals surface area contributed by atoms with E-state index >= 15 is 0 Å². The largest absolute Gasteiger partial charge is 0.494 e. The van der Waals surface area contributed by atoms with Crippen LogP contribution in [0.15, 0.2) is 24.8 Å². The smallest absolute Gasteiger partial charge is 0.225 e. The molecule has 25 heavy (non-hydrogen) atoms. The molecule has 8 nitrogen and oxygen atoms in total. The van der Waals surface area contributed by atoms with Gasteiger partial charge in [0.15, 0.2) is 5.75 Å². The maximum atomic E-state index is 5.26. The van der Waals surface area contributed by atoms with E-state index in [-0.39, 0.29) is 0 Å². The molecule has 3 heterocycles. The van der Waals surface area contributed by atoms with E-state index in [1.165, 1.54) is 12.8 Å². The summed E-state index contributed by atoms with van der Waals surface area (Å²) in [7, 11) is 3.25. The van der Waals surface area contributed by atoms with Crippen LogP contribution in [0, 0.1) is 0 Å². The molecule has 1 unspecified atom stereocenters. The summed E-state index contributed by atoms with van der Waals surface area (Å²) >= 11 is 0. The molecule has 0 amide bonds. The summed E-state index contributed by atoms with van der Waals surface area (Å²) < 4.78 is 10.4. The lowest BCUT2D eigenvalue weighted by molar-refractivity contribution is 0.396. The van der Waals surface area contributed by atoms with E-state index in [1.54, 1.807) is 32.9 Å². The maximum Gasteiger partial charge on any atom is 0.225 e. The van der Waals surface area contributed by atoms with Crippen LogP contribution in [0.25, 0.3) is 0 Å². The van der Waals surface area contributed by atoms with Crippen LogP contribution in [0.3, 0.4) is 0 Å². The Morgan fingerprint density at radius 2 is 1.80 bits per heavy atom. The van der Waals surface area contributed by atoms with E-state index < -0.39 is 0 Å². The summed E-state index contributed by atoms with van der Waals surface area (Å²) in [6.07, 6.45) is 8.47. The zero-order valence-corrected chi connectivity index (χ0v) is 14.5. The summed E-state index contributed by atoms with van der Waals surface area (Å²) in [6.45, 7) is 1.82. The molecule has 2 aromatic rings. The first kappa shape index (κ1) is 15.9. The molecule has 0 N–H and O–H groups in total. The molecular weight excluding hydrogens is 320 g/mol. The molecule has 2 fully saturated rings. The van der Waals surface area contributed by atoms with Gasteiger partial charge in [0.05, 0.1) is 26.6 Å². The quantitative estimate of drug-likeness (QED) is 0.782. The number of ether oxygens (including phenoxy) is 2. The Kier molecular flexibility index (Phi) is 4.25. The maximum absolute atomic E-state index is 5.26. The van der Waals surface area contributed by atoms with E-state index in [2.05, 4.69) is 29.7 Å². The van der Waals surface area contributed by atoms with E-state index in [9.17, 15) is 0 Å². The van der Waals surface area contributed by atoms with Crippen LogP contribution in [0.4, 0.5) is 11.8 Å². The molecule has 0 radical (unpaired) electrons. The molecule has 0 bridgehead atoms. The molecule has 1 aliphatic heterocycles. The highest BCUT2D eigenvalue weighted by atomic mass is 16.5. The molecule has 2 aromatic heterocycles. The first-order valence-corrected chi connectivity index (χ1v) is 8.54. The van der Waals surface area contributed by atoms with Crippen molar-refractivity contribution in [1.29, 1.82) is 0 Å². The minimum absolute atomic E-state index is 0.387. The van der Waals surface area contributed by atoms with E-state index in [4.69, 9.17) is 9.47 Å². The first-order chi connectivity index (χ1) is 12.3. The van der Waals surface area contributed by atoms with Gasteiger partial charge in [-0.15, -0.1) is 0 Å². The van der Waals surface area contributed by atoms with Crippen molar-refractivity contribution in [1.82, 2.24) is 19.9 Å². The van der Waals surface area contributed by atoms with Crippen molar-refractivity contribution in [3.8, 4) is 11.6 Å². The van der Waals surface area contributed by atoms with Gasteiger partial charge in [0.2, 0.25) is 11.8 Å². The summed E-state index contributed by atoms with van der Waals surface area (Å²) in [5.74, 6) is 2.97. The van der Waals surface area contributed by atoms with Gasteiger partial charge in [0.25, 0.3) is 0 Å². The van der Waals surface area contributed by atoms with Crippen molar-refractivity contribution in [3.63, 3.8) is 0 Å². The molecule has 2 aliphatic rings. The molecule has 1 saturated heterocycles. The fraction of sp³-hybridized carbons (Fsp3) is 0.529. The Labute approximate surface area is 146 Å². The van der Waals surface area contributed by atoms with Crippen LogP contribution in [-0.4, -0.2) is 59.3 Å². The van der Waals surface area contributed by atoms with Crippen molar-refractivity contribution < 1.29 is 9.47 Å². The van der Waals surface area contributed by atoms with Gasteiger partial charge in [-0.25, -0.2) is 19.9 Å². The fourth-order valence-electron chi connectivity index (χ4n) is 3.34. The van der Waals surface area contributed by atoms with Crippen LogP contribution in [0.2, 0.25) is 0 Å². The monoisotopic (exact) mass is 342 g/mol. The molecule has 0 aromatic carbocycles. The number of rotatable bonds is 6. The molecular formula is C17H22N6O2. The summed E-state index contributed by atoms with van der Waals surface area (Å²) in [5, 5.41) is 0. The fourth-order valence-corrected chi connectivity index (χ4v) is 3.34. The Bertz CT molecular complexity index is 721. The number of methoxy groups -OCH3 is 2. The molecule has 4 rings (SSSR count). The van der Waals surface area contributed by atoms with Gasteiger partial charge in [-0.3, -0.25) is 0 Å².